The summed E-state index contributed by atoms with van der Waals surface area (Å²) >= 11 is 0. The van der Waals surface area contributed by atoms with E-state index in [1.165, 1.54) is 19.3 Å². The Labute approximate surface area is 124 Å². The highest BCUT2D eigenvalue weighted by molar-refractivity contribution is 5.85. The first-order valence-corrected chi connectivity index (χ1v) is 8.57. The summed E-state index contributed by atoms with van der Waals surface area (Å²) in [5, 5.41) is 3.60. The molecule has 0 aromatic rings. The van der Waals surface area contributed by atoms with E-state index in [-0.39, 0.29) is 12.2 Å². The fourth-order valence-corrected chi connectivity index (χ4v) is 4.09. The Morgan fingerprint density at radius 2 is 2.00 bits per heavy atom. The van der Waals surface area contributed by atoms with Gasteiger partial charge in [0.05, 0.1) is 12.2 Å². The van der Waals surface area contributed by atoms with E-state index in [1.807, 2.05) is 0 Å². The molecular formula is C17H32N2O. The summed E-state index contributed by atoms with van der Waals surface area (Å²) < 4.78 is 0. The van der Waals surface area contributed by atoms with Gasteiger partial charge in [-0.15, -0.1) is 0 Å². The maximum Gasteiger partial charge on any atom is 0.241 e. The van der Waals surface area contributed by atoms with Gasteiger partial charge in [-0.25, -0.2) is 0 Å². The Hall–Kier alpha value is -0.570. The Kier molecular flexibility index (Phi) is 5.11. The fraction of sp³-hybridized carbons (Fsp3) is 0.941. The van der Waals surface area contributed by atoms with Crippen molar-refractivity contribution in [1.29, 1.82) is 0 Å². The van der Waals surface area contributed by atoms with E-state index < -0.39 is 0 Å². The molecule has 6 atom stereocenters. The summed E-state index contributed by atoms with van der Waals surface area (Å²) in [7, 11) is 0. The van der Waals surface area contributed by atoms with Crippen LogP contribution in [0.1, 0.15) is 66.7 Å². The molecule has 1 saturated heterocycles. The van der Waals surface area contributed by atoms with E-state index >= 15 is 0 Å². The van der Waals surface area contributed by atoms with Gasteiger partial charge in [0, 0.05) is 6.04 Å². The van der Waals surface area contributed by atoms with Crippen LogP contribution in [0.2, 0.25) is 0 Å². The van der Waals surface area contributed by atoms with Gasteiger partial charge < -0.3 is 4.90 Å². The molecule has 1 N–H and O–H groups in total. The van der Waals surface area contributed by atoms with Crippen molar-refractivity contribution in [1.82, 2.24) is 10.2 Å². The molecule has 2 rings (SSSR count). The summed E-state index contributed by atoms with van der Waals surface area (Å²) in [6.45, 7) is 11.2. The second-order valence-corrected chi connectivity index (χ2v) is 7.16. The summed E-state index contributed by atoms with van der Waals surface area (Å²) in [4.78, 5) is 15.1. The van der Waals surface area contributed by atoms with E-state index in [9.17, 15) is 4.79 Å². The zero-order valence-corrected chi connectivity index (χ0v) is 13.9. The van der Waals surface area contributed by atoms with Crippen molar-refractivity contribution >= 4 is 5.91 Å². The second-order valence-electron chi connectivity index (χ2n) is 7.16. The molecule has 3 heteroatoms. The van der Waals surface area contributed by atoms with E-state index in [0.29, 0.717) is 23.8 Å². The molecule has 0 radical (unpaired) electrons. The smallest absolute Gasteiger partial charge is 0.241 e. The van der Waals surface area contributed by atoms with Crippen LogP contribution in [0.25, 0.3) is 0 Å². The quantitative estimate of drug-likeness (QED) is 0.856. The van der Waals surface area contributed by atoms with Crippen molar-refractivity contribution in [3.8, 4) is 0 Å². The molecule has 0 aromatic carbocycles. The van der Waals surface area contributed by atoms with Crippen LogP contribution in [0, 0.1) is 17.8 Å². The van der Waals surface area contributed by atoms with E-state index in [1.54, 1.807) is 0 Å². The molecule has 1 aliphatic carbocycles. The van der Waals surface area contributed by atoms with Crippen LogP contribution < -0.4 is 5.32 Å². The Morgan fingerprint density at radius 3 is 2.55 bits per heavy atom. The zero-order chi connectivity index (χ0) is 14.9. The number of rotatable bonds is 4. The molecule has 1 saturated carbocycles. The van der Waals surface area contributed by atoms with E-state index in [4.69, 9.17) is 0 Å². The lowest BCUT2D eigenvalue weighted by Gasteiger charge is -2.41. The maximum absolute atomic E-state index is 12.9. The monoisotopic (exact) mass is 280 g/mol. The van der Waals surface area contributed by atoms with Gasteiger partial charge in [-0.05, 0) is 43.4 Å². The normalized spacial score (nSPS) is 40.1. The van der Waals surface area contributed by atoms with Crippen LogP contribution in [0.3, 0.4) is 0 Å². The first-order chi connectivity index (χ1) is 9.49. The highest BCUT2D eigenvalue weighted by Gasteiger charge is 2.45. The second kappa shape index (κ2) is 6.46. The van der Waals surface area contributed by atoms with E-state index in [0.717, 1.165) is 18.8 Å². The Morgan fingerprint density at radius 1 is 1.30 bits per heavy atom. The van der Waals surface area contributed by atoms with Gasteiger partial charge in [0.1, 0.15) is 0 Å². The molecule has 116 valence electrons. The zero-order valence-electron chi connectivity index (χ0n) is 13.9. The standard InChI is InChI=1S/C17H32N2O/c1-6-12(4)16-17(20)19(15(7-2)18-16)14-9-8-11(3)10-13(14)5/h11-16,18H,6-10H2,1-5H3. The molecule has 0 spiro atoms. The maximum atomic E-state index is 12.9. The van der Waals surface area contributed by atoms with Crippen molar-refractivity contribution in [3.05, 3.63) is 0 Å². The number of hydrogen-bond acceptors (Lipinski definition) is 2. The summed E-state index contributed by atoms with van der Waals surface area (Å²) in [6.07, 6.45) is 6.03. The number of nitrogens with one attached hydrogen (secondary N) is 1. The fourth-order valence-electron chi connectivity index (χ4n) is 4.09. The van der Waals surface area contributed by atoms with Crippen molar-refractivity contribution in [2.45, 2.75) is 85.0 Å². The number of carbonyl (C=O) groups is 1. The van der Waals surface area contributed by atoms with Crippen molar-refractivity contribution in [2.75, 3.05) is 0 Å². The molecule has 2 fully saturated rings. The summed E-state index contributed by atoms with van der Waals surface area (Å²) in [5.41, 5.74) is 0. The van der Waals surface area contributed by atoms with Gasteiger partial charge >= 0.3 is 0 Å². The van der Waals surface area contributed by atoms with Crippen LogP contribution >= 0.6 is 0 Å². The van der Waals surface area contributed by atoms with Gasteiger partial charge in [0.25, 0.3) is 0 Å². The van der Waals surface area contributed by atoms with Crippen LogP contribution in [-0.2, 0) is 4.79 Å². The highest BCUT2D eigenvalue weighted by Crippen LogP contribution is 2.35. The third-order valence-corrected chi connectivity index (χ3v) is 5.57. The minimum Gasteiger partial charge on any atom is -0.323 e. The lowest BCUT2D eigenvalue weighted by Crippen LogP contribution is -2.49. The predicted octanol–water partition coefficient (Wildman–Crippen LogP) is 3.39. The minimum atomic E-state index is 0.0384. The molecule has 6 unspecified atom stereocenters. The molecule has 0 aromatic heterocycles. The largest absolute Gasteiger partial charge is 0.323 e. The molecular weight excluding hydrogens is 248 g/mol. The average molecular weight is 280 g/mol. The molecule has 1 amide bonds. The average Bonchev–Trinajstić information content (AvgIpc) is 2.75. The number of nitrogens with zero attached hydrogens (tertiary/aromatic N) is 1. The molecule has 1 heterocycles. The molecule has 0 bridgehead atoms. The van der Waals surface area contributed by atoms with Crippen molar-refractivity contribution < 1.29 is 4.79 Å². The van der Waals surface area contributed by atoms with Crippen LogP contribution in [-0.4, -0.2) is 29.1 Å². The van der Waals surface area contributed by atoms with Gasteiger partial charge in [-0.2, -0.15) is 0 Å². The van der Waals surface area contributed by atoms with Gasteiger partial charge in [-0.1, -0.05) is 41.0 Å². The van der Waals surface area contributed by atoms with Gasteiger partial charge in [0.2, 0.25) is 5.91 Å². The predicted molar refractivity (Wildman–Crippen MR) is 83.3 cm³/mol. The molecule has 3 nitrogen and oxygen atoms in total. The molecule has 1 aliphatic heterocycles. The van der Waals surface area contributed by atoms with E-state index in [2.05, 4.69) is 44.8 Å². The van der Waals surface area contributed by atoms with Crippen molar-refractivity contribution in [2.24, 2.45) is 17.8 Å². The summed E-state index contributed by atoms with van der Waals surface area (Å²) in [5.74, 6) is 2.24. The number of amides is 1. The van der Waals surface area contributed by atoms with Gasteiger partial charge in [-0.3, -0.25) is 10.1 Å². The highest BCUT2D eigenvalue weighted by atomic mass is 16.2. The Bertz CT molecular complexity index is 344. The topological polar surface area (TPSA) is 32.3 Å². The third kappa shape index (κ3) is 2.88. The van der Waals surface area contributed by atoms with Crippen LogP contribution in [0.15, 0.2) is 0 Å². The lowest BCUT2D eigenvalue weighted by molar-refractivity contribution is -0.135. The molecule has 2 aliphatic rings. The minimum absolute atomic E-state index is 0.0384. The summed E-state index contributed by atoms with van der Waals surface area (Å²) in [6, 6.07) is 0.488. The molecule has 20 heavy (non-hydrogen) atoms. The third-order valence-electron chi connectivity index (χ3n) is 5.57. The Balaban J connectivity index is 2.14. The van der Waals surface area contributed by atoms with Crippen LogP contribution in [0.5, 0.6) is 0 Å². The first kappa shape index (κ1) is 15.8. The number of hydrogen-bond donors (Lipinski definition) is 1. The van der Waals surface area contributed by atoms with Crippen LogP contribution in [0.4, 0.5) is 0 Å². The number of carbonyl (C=O) groups excluding carboxylic acids is 1. The van der Waals surface area contributed by atoms with Gasteiger partial charge in [0.15, 0.2) is 0 Å². The van der Waals surface area contributed by atoms with Crippen molar-refractivity contribution in [3.63, 3.8) is 0 Å². The SMILES string of the molecule is CCC(C)C1NC(CC)N(C2CCC(C)CC2C)C1=O. The lowest BCUT2D eigenvalue weighted by atomic mass is 9.79. The first-order valence-electron chi connectivity index (χ1n) is 8.57.